The van der Waals surface area contributed by atoms with Gasteiger partial charge in [0.2, 0.25) is 0 Å². The van der Waals surface area contributed by atoms with E-state index in [0.29, 0.717) is 17.3 Å². The molecule has 4 nitrogen and oxygen atoms in total. The maximum atomic E-state index is 9.08. The van der Waals surface area contributed by atoms with Crippen molar-refractivity contribution < 1.29 is 0 Å². The average Bonchev–Trinajstić information content (AvgIpc) is 2.98. The summed E-state index contributed by atoms with van der Waals surface area (Å²) in [5.41, 5.74) is 8.09. The van der Waals surface area contributed by atoms with E-state index in [1.54, 1.807) is 0 Å². The van der Waals surface area contributed by atoms with Gasteiger partial charge in [-0.3, -0.25) is 4.90 Å². The SMILES string of the molecule is N#Cc1cc(N2CCC(N3CCCCC3)C2)ccc1N. The van der Waals surface area contributed by atoms with Crippen molar-refractivity contribution in [3.8, 4) is 6.07 Å². The number of nitrogen functional groups attached to an aromatic ring is 1. The average molecular weight is 270 g/mol. The molecule has 2 aliphatic heterocycles. The van der Waals surface area contributed by atoms with Crippen molar-refractivity contribution in [3.63, 3.8) is 0 Å². The van der Waals surface area contributed by atoms with Crippen LogP contribution in [0.2, 0.25) is 0 Å². The predicted molar refractivity (Wildman–Crippen MR) is 81.6 cm³/mol. The molecule has 2 heterocycles. The van der Waals surface area contributed by atoms with Crippen LogP contribution in [0.3, 0.4) is 0 Å². The first-order valence-corrected chi connectivity index (χ1v) is 7.56. The van der Waals surface area contributed by atoms with Crippen LogP contribution in [0.5, 0.6) is 0 Å². The Kier molecular flexibility index (Phi) is 3.79. The molecule has 1 atom stereocenters. The lowest BCUT2D eigenvalue weighted by molar-refractivity contribution is 0.175. The molecular formula is C16H22N4. The molecule has 1 aromatic rings. The van der Waals surface area contributed by atoms with Gasteiger partial charge in [0, 0.05) is 30.5 Å². The smallest absolute Gasteiger partial charge is 0.101 e. The van der Waals surface area contributed by atoms with Gasteiger partial charge in [0.25, 0.3) is 0 Å². The number of nitriles is 1. The molecule has 0 saturated carbocycles. The number of nitrogens with zero attached hydrogens (tertiary/aromatic N) is 3. The zero-order valence-electron chi connectivity index (χ0n) is 11.9. The van der Waals surface area contributed by atoms with E-state index in [-0.39, 0.29) is 0 Å². The lowest BCUT2D eigenvalue weighted by atomic mass is 10.1. The molecule has 2 fully saturated rings. The number of hydrogen-bond acceptors (Lipinski definition) is 4. The molecule has 106 valence electrons. The summed E-state index contributed by atoms with van der Waals surface area (Å²) < 4.78 is 0. The van der Waals surface area contributed by atoms with Gasteiger partial charge in [-0.05, 0) is 50.6 Å². The molecule has 2 aliphatic rings. The fourth-order valence-electron chi connectivity index (χ4n) is 3.40. The molecular weight excluding hydrogens is 248 g/mol. The highest BCUT2D eigenvalue weighted by Crippen LogP contribution is 2.27. The third kappa shape index (κ3) is 2.59. The van der Waals surface area contributed by atoms with Crippen LogP contribution in [0.15, 0.2) is 18.2 Å². The van der Waals surface area contributed by atoms with Gasteiger partial charge in [0.1, 0.15) is 6.07 Å². The second-order valence-electron chi connectivity index (χ2n) is 5.87. The molecule has 0 bridgehead atoms. The van der Waals surface area contributed by atoms with E-state index >= 15 is 0 Å². The highest BCUT2D eigenvalue weighted by molar-refractivity contribution is 5.63. The van der Waals surface area contributed by atoms with Crippen LogP contribution < -0.4 is 10.6 Å². The highest BCUT2D eigenvalue weighted by atomic mass is 15.3. The Labute approximate surface area is 120 Å². The Hall–Kier alpha value is -1.73. The van der Waals surface area contributed by atoms with Crippen LogP contribution in [0.1, 0.15) is 31.2 Å². The summed E-state index contributed by atoms with van der Waals surface area (Å²) >= 11 is 0. The van der Waals surface area contributed by atoms with Gasteiger partial charge in [0.05, 0.1) is 5.56 Å². The third-order valence-electron chi connectivity index (χ3n) is 4.59. The minimum absolute atomic E-state index is 0.572. The van der Waals surface area contributed by atoms with E-state index < -0.39 is 0 Å². The van der Waals surface area contributed by atoms with Crippen molar-refractivity contribution in [2.24, 2.45) is 0 Å². The summed E-state index contributed by atoms with van der Waals surface area (Å²) in [4.78, 5) is 5.03. The Morgan fingerprint density at radius 3 is 2.70 bits per heavy atom. The zero-order valence-corrected chi connectivity index (χ0v) is 11.9. The van der Waals surface area contributed by atoms with Gasteiger partial charge in [-0.1, -0.05) is 6.42 Å². The molecule has 0 amide bonds. The summed E-state index contributed by atoms with van der Waals surface area (Å²) in [5.74, 6) is 0. The van der Waals surface area contributed by atoms with Gasteiger partial charge in [0.15, 0.2) is 0 Å². The quantitative estimate of drug-likeness (QED) is 0.837. The number of piperidine rings is 1. The normalized spacial score (nSPS) is 23.8. The predicted octanol–water partition coefficient (Wildman–Crippen LogP) is 2.21. The van der Waals surface area contributed by atoms with Crippen LogP contribution in [0.4, 0.5) is 11.4 Å². The van der Waals surface area contributed by atoms with Gasteiger partial charge < -0.3 is 10.6 Å². The first-order valence-electron chi connectivity index (χ1n) is 7.56. The Morgan fingerprint density at radius 1 is 1.15 bits per heavy atom. The van der Waals surface area contributed by atoms with Crippen LogP contribution in [-0.2, 0) is 0 Å². The Bertz CT molecular complexity index is 514. The molecule has 2 N–H and O–H groups in total. The van der Waals surface area contributed by atoms with Crippen molar-refractivity contribution >= 4 is 11.4 Å². The van der Waals surface area contributed by atoms with Crippen LogP contribution in [0, 0.1) is 11.3 Å². The third-order valence-corrected chi connectivity index (χ3v) is 4.59. The van der Waals surface area contributed by atoms with Crippen molar-refractivity contribution in [1.29, 1.82) is 5.26 Å². The van der Waals surface area contributed by atoms with Gasteiger partial charge in [-0.25, -0.2) is 0 Å². The summed E-state index contributed by atoms with van der Waals surface area (Å²) in [6, 6.07) is 8.66. The molecule has 1 aromatic carbocycles. The van der Waals surface area contributed by atoms with Crippen molar-refractivity contribution in [3.05, 3.63) is 23.8 Å². The summed E-state index contributed by atoms with van der Waals surface area (Å²) in [7, 11) is 0. The van der Waals surface area contributed by atoms with Crippen LogP contribution in [0.25, 0.3) is 0 Å². The van der Waals surface area contributed by atoms with Gasteiger partial charge >= 0.3 is 0 Å². The van der Waals surface area contributed by atoms with E-state index in [2.05, 4.69) is 15.9 Å². The molecule has 0 aromatic heterocycles. The molecule has 0 radical (unpaired) electrons. The van der Waals surface area contributed by atoms with E-state index in [9.17, 15) is 0 Å². The topological polar surface area (TPSA) is 56.3 Å². The summed E-state index contributed by atoms with van der Waals surface area (Å²) in [6.45, 7) is 4.66. The van der Waals surface area contributed by atoms with Crippen LogP contribution >= 0.6 is 0 Å². The molecule has 3 rings (SSSR count). The minimum atomic E-state index is 0.572. The van der Waals surface area contributed by atoms with Crippen molar-refractivity contribution in [2.45, 2.75) is 31.7 Å². The minimum Gasteiger partial charge on any atom is -0.398 e. The lowest BCUT2D eigenvalue weighted by Gasteiger charge is -2.32. The summed E-state index contributed by atoms with van der Waals surface area (Å²) in [5, 5.41) is 9.08. The molecule has 2 saturated heterocycles. The van der Waals surface area contributed by atoms with Gasteiger partial charge in [-0.2, -0.15) is 5.26 Å². The standard InChI is InChI=1S/C16H22N4/c17-11-13-10-14(4-5-16(13)18)20-9-6-15(12-20)19-7-2-1-3-8-19/h4-5,10,15H,1-3,6-9,12,18H2. The lowest BCUT2D eigenvalue weighted by Crippen LogP contribution is -2.40. The van der Waals surface area contributed by atoms with Crippen molar-refractivity contribution in [1.82, 2.24) is 4.90 Å². The van der Waals surface area contributed by atoms with E-state index in [4.69, 9.17) is 11.0 Å². The Morgan fingerprint density at radius 2 is 1.95 bits per heavy atom. The number of likely N-dealkylation sites (tertiary alicyclic amines) is 1. The van der Waals surface area contributed by atoms with Crippen LogP contribution in [-0.4, -0.2) is 37.1 Å². The summed E-state index contributed by atoms with van der Waals surface area (Å²) in [6.07, 6.45) is 5.30. The van der Waals surface area contributed by atoms with E-state index in [1.165, 1.54) is 38.8 Å². The maximum Gasteiger partial charge on any atom is 0.101 e. The molecule has 0 aliphatic carbocycles. The maximum absolute atomic E-state index is 9.08. The number of anilines is 2. The molecule has 20 heavy (non-hydrogen) atoms. The monoisotopic (exact) mass is 270 g/mol. The molecule has 1 unspecified atom stereocenters. The Balaban J connectivity index is 1.69. The fourth-order valence-corrected chi connectivity index (χ4v) is 3.40. The highest BCUT2D eigenvalue weighted by Gasteiger charge is 2.28. The first-order chi connectivity index (χ1) is 9.78. The largest absolute Gasteiger partial charge is 0.398 e. The number of nitrogens with two attached hydrogens (primary N) is 1. The number of rotatable bonds is 2. The first kappa shape index (κ1) is 13.3. The second kappa shape index (κ2) is 5.72. The van der Waals surface area contributed by atoms with E-state index in [1.807, 2.05) is 18.2 Å². The number of hydrogen-bond donors (Lipinski definition) is 1. The fraction of sp³-hybridized carbons (Fsp3) is 0.562. The zero-order chi connectivity index (χ0) is 13.9. The van der Waals surface area contributed by atoms with Crippen molar-refractivity contribution in [2.75, 3.05) is 36.8 Å². The molecule has 4 heteroatoms. The molecule has 0 spiro atoms. The van der Waals surface area contributed by atoms with E-state index in [0.717, 1.165) is 18.8 Å². The van der Waals surface area contributed by atoms with Gasteiger partial charge in [-0.15, -0.1) is 0 Å². The second-order valence-corrected chi connectivity index (χ2v) is 5.87. The number of benzene rings is 1.